The number of carbonyl (C=O) groups excluding carboxylic acids is 2. The molecule has 2 aromatic rings. The Morgan fingerprint density at radius 1 is 1.29 bits per heavy atom. The lowest BCUT2D eigenvalue weighted by Crippen LogP contribution is -2.57. The van der Waals surface area contributed by atoms with E-state index in [1.54, 1.807) is 0 Å². The third-order valence-corrected chi connectivity index (χ3v) is 5.61. The highest BCUT2D eigenvalue weighted by molar-refractivity contribution is 6.00. The number of Topliss-reactive ketones (excluding diaryl/α,β-unsaturated/α-hetero) is 1. The first-order valence-electron chi connectivity index (χ1n) is 9.65. The average molecular weight is 434 g/mol. The molecule has 9 heteroatoms. The molecule has 2 atom stereocenters. The number of ether oxygens (including phenoxy) is 1. The lowest BCUT2D eigenvalue weighted by atomic mass is 10.0. The van der Waals surface area contributed by atoms with Crippen LogP contribution in [0.4, 0.5) is 8.78 Å². The van der Waals surface area contributed by atoms with Crippen molar-refractivity contribution in [2.24, 2.45) is 0 Å². The van der Waals surface area contributed by atoms with Crippen molar-refractivity contribution < 1.29 is 28.2 Å². The first-order chi connectivity index (χ1) is 14.3. The summed E-state index contributed by atoms with van der Waals surface area (Å²) in [7, 11) is 0. The molecule has 1 aromatic carbocycles. The van der Waals surface area contributed by atoms with Crippen LogP contribution >= 0.6 is 0 Å². The molecule has 1 fully saturated rings. The van der Waals surface area contributed by atoms with Gasteiger partial charge in [0.2, 0.25) is 5.43 Å². The fourth-order valence-corrected chi connectivity index (χ4v) is 3.96. The zero-order valence-corrected chi connectivity index (χ0v) is 16.2. The van der Waals surface area contributed by atoms with E-state index in [0.29, 0.717) is 13.0 Å². The summed E-state index contributed by atoms with van der Waals surface area (Å²) < 4.78 is 33.8. The van der Waals surface area contributed by atoms with Crippen molar-refractivity contribution in [3.8, 4) is 5.75 Å². The number of hydrogen-bond donors (Lipinski definition) is 1. The van der Waals surface area contributed by atoms with Gasteiger partial charge in [0.05, 0.1) is 18.7 Å². The second-order valence-electron chi connectivity index (χ2n) is 7.56. The molecule has 0 unspecified atom stereocenters. The number of nitrogens with zero attached hydrogens (tertiary/aromatic N) is 2. The molecule has 1 saturated heterocycles. The van der Waals surface area contributed by atoms with Crippen LogP contribution in [0.5, 0.6) is 5.75 Å². The molecule has 1 amide bonds. The molecule has 0 saturated carbocycles. The molecule has 3 heterocycles. The van der Waals surface area contributed by atoms with Gasteiger partial charge in [0.15, 0.2) is 23.5 Å². The maximum atomic E-state index is 13.8. The molecule has 166 valence electrons. The van der Waals surface area contributed by atoms with Crippen LogP contribution in [0.2, 0.25) is 0 Å². The minimum absolute atomic E-state index is 0. The number of aryl methyl sites for hydroxylation is 1. The van der Waals surface area contributed by atoms with E-state index in [9.17, 15) is 28.3 Å². The van der Waals surface area contributed by atoms with Crippen LogP contribution in [-0.2, 0) is 17.7 Å². The van der Waals surface area contributed by atoms with Crippen LogP contribution < -0.4 is 5.43 Å². The van der Waals surface area contributed by atoms with E-state index in [2.05, 4.69) is 0 Å². The monoisotopic (exact) mass is 434 g/mol. The van der Waals surface area contributed by atoms with Crippen LogP contribution in [0.3, 0.4) is 0 Å². The lowest BCUT2D eigenvalue weighted by Gasteiger charge is -2.44. The zero-order chi connectivity index (χ0) is 21.6. The first-order valence-corrected chi connectivity index (χ1v) is 9.65. The Morgan fingerprint density at radius 2 is 2.03 bits per heavy atom. The van der Waals surface area contributed by atoms with Crippen LogP contribution in [-0.4, -0.2) is 45.1 Å². The number of amides is 1. The maximum absolute atomic E-state index is 13.8. The van der Waals surface area contributed by atoms with E-state index in [4.69, 9.17) is 4.74 Å². The van der Waals surface area contributed by atoms with Gasteiger partial charge < -0.3 is 19.3 Å². The van der Waals surface area contributed by atoms with Crippen molar-refractivity contribution in [1.82, 2.24) is 9.47 Å². The number of benzene rings is 1. The van der Waals surface area contributed by atoms with Crippen molar-refractivity contribution in [3.05, 3.63) is 63.1 Å². The van der Waals surface area contributed by atoms with Crippen LogP contribution in [0.1, 0.15) is 53.6 Å². The van der Waals surface area contributed by atoms with Gasteiger partial charge in [-0.15, -0.1) is 0 Å². The van der Waals surface area contributed by atoms with E-state index >= 15 is 0 Å². The molecular formula is C22H24F2N2O5. The molecular weight excluding hydrogens is 410 g/mol. The van der Waals surface area contributed by atoms with Gasteiger partial charge in [0.25, 0.3) is 5.91 Å². The second-order valence-corrected chi connectivity index (χ2v) is 7.56. The maximum Gasteiger partial charge on any atom is 0.276 e. The summed E-state index contributed by atoms with van der Waals surface area (Å²) in [6.45, 7) is 2.52. The second kappa shape index (κ2) is 8.58. The van der Waals surface area contributed by atoms with Gasteiger partial charge in [-0.2, -0.15) is 0 Å². The normalized spacial score (nSPS) is 20.0. The molecule has 1 N–H and O–H groups in total. The first kappa shape index (κ1) is 22.6. The number of fused-ring (bicyclic) bond motifs is 2. The van der Waals surface area contributed by atoms with Gasteiger partial charge >= 0.3 is 0 Å². The molecule has 2 aliphatic heterocycles. The van der Waals surface area contributed by atoms with Crippen molar-refractivity contribution in [2.75, 3.05) is 6.61 Å². The van der Waals surface area contributed by atoms with Crippen molar-refractivity contribution in [3.63, 3.8) is 0 Å². The standard InChI is InChI=1S/C21H20F2N2O5.CH4/c1-11-6-7-30-17-10-24-9-14(19(27)20(28)18(24)21(29)25(11)17)16(26)5-3-12-2-4-13(22)8-15(12)23;/h2,4,8-9,11,17,28H,3,5-7,10H2,1H3;1H4/t11-,17+;/m1./s1. The fraction of sp³-hybridized carbons (Fsp3) is 0.409. The molecule has 7 nitrogen and oxygen atoms in total. The third-order valence-electron chi connectivity index (χ3n) is 5.61. The summed E-state index contributed by atoms with van der Waals surface area (Å²) in [6.07, 6.45) is 1.09. The molecule has 31 heavy (non-hydrogen) atoms. The SMILES string of the molecule is C.C[C@@H]1CCO[C@H]2Cn3cc(C(=O)CCc4ccc(F)cc4F)c(=O)c(O)c3C(=O)N12. The van der Waals surface area contributed by atoms with Crippen molar-refractivity contribution in [1.29, 1.82) is 0 Å². The highest BCUT2D eigenvalue weighted by Gasteiger charge is 2.40. The van der Waals surface area contributed by atoms with E-state index < -0.39 is 40.7 Å². The molecule has 2 aliphatic rings. The van der Waals surface area contributed by atoms with Crippen molar-refractivity contribution >= 4 is 11.7 Å². The van der Waals surface area contributed by atoms with Crippen molar-refractivity contribution in [2.45, 2.75) is 52.4 Å². The Hall–Kier alpha value is -3.07. The summed E-state index contributed by atoms with van der Waals surface area (Å²) in [5.74, 6) is -3.42. The minimum atomic E-state index is -0.941. The topological polar surface area (TPSA) is 88.8 Å². The molecule has 0 aliphatic carbocycles. The summed E-state index contributed by atoms with van der Waals surface area (Å²) >= 11 is 0. The minimum Gasteiger partial charge on any atom is -0.503 e. The van der Waals surface area contributed by atoms with Gasteiger partial charge in [0.1, 0.15) is 11.6 Å². The Labute approximate surface area is 177 Å². The summed E-state index contributed by atoms with van der Waals surface area (Å²) in [6, 6.07) is 2.95. The number of carbonyl (C=O) groups is 2. The zero-order valence-electron chi connectivity index (χ0n) is 16.2. The van der Waals surface area contributed by atoms with Crippen LogP contribution in [0, 0.1) is 11.6 Å². The van der Waals surface area contributed by atoms with E-state index in [1.807, 2.05) is 6.92 Å². The lowest BCUT2D eigenvalue weighted by molar-refractivity contribution is -0.112. The number of hydrogen-bond acceptors (Lipinski definition) is 5. The number of aromatic hydroxyl groups is 1. The number of halogens is 2. The molecule has 0 radical (unpaired) electrons. The van der Waals surface area contributed by atoms with E-state index in [1.165, 1.54) is 21.7 Å². The van der Waals surface area contributed by atoms with Gasteiger partial charge in [-0.25, -0.2) is 8.78 Å². The summed E-state index contributed by atoms with van der Waals surface area (Å²) in [5.41, 5.74) is -1.26. The quantitative estimate of drug-likeness (QED) is 0.748. The average Bonchev–Trinajstić information content (AvgIpc) is 2.69. The molecule has 4 rings (SSSR count). The Morgan fingerprint density at radius 3 is 2.74 bits per heavy atom. The van der Waals surface area contributed by atoms with Gasteiger partial charge in [-0.3, -0.25) is 14.4 Å². The summed E-state index contributed by atoms with van der Waals surface area (Å²) in [5, 5.41) is 10.4. The fourth-order valence-electron chi connectivity index (χ4n) is 3.96. The van der Waals surface area contributed by atoms with Gasteiger partial charge in [-0.05, 0) is 31.4 Å². The predicted octanol–water partition coefficient (Wildman–Crippen LogP) is 2.87. The Bertz CT molecular complexity index is 1100. The smallest absolute Gasteiger partial charge is 0.276 e. The van der Waals surface area contributed by atoms with Crippen LogP contribution in [0.25, 0.3) is 0 Å². The van der Waals surface area contributed by atoms with Crippen LogP contribution in [0.15, 0.2) is 29.2 Å². The predicted molar refractivity (Wildman–Crippen MR) is 108 cm³/mol. The Balaban J connectivity index is 0.00000272. The summed E-state index contributed by atoms with van der Waals surface area (Å²) in [4.78, 5) is 39.6. The third kappa shape index (κ3) is 3.97. The largest absolute Gasteiger partial charge is 0.503 e. The van der Waals surface area contributed by atoms with E-state index in [0.717, 1.165) is 12.1 Å². The molecule has 0 bridgehead atoms. The number of pyridine rings is 1. The highest BCUT2D eigenvalue weighted by Crippen LogP contribution is 2.29. The molecule has 1 aromatic heterocycles. The number of ketones is 1. The van der Waals surface area contributed by atoms with Gasteiger partial charge in [0, 0.05) is 24.7 Å². The van der Waals surface area contributed by atoms with E-state index in [-0.39, 0.29) is 49.7 Å². The molecule has 0 spiro atoms. The van der Waals surface area contributed by atoms with Gasteiger partial charge in [-0.1, -0.05) is 13.5 Å². The highest BCUT2D eigenvalue weighted by atomic mass is 19.1. The Kier molecular flexibility index (Phi) is 6.26. The number of rotatable bonds is 4. The number of aromatic nitrogens is 1.